The van der Waals surface area contributed by atoms with E-state index in [1.54, 1.807) is 13.3 Å². The third-order valence-electron chi connectivity index (χ3n) is 10.2. The van der Waals surface area contributed by atoms with E-state index in [-0.39, 0.29) is 0 Å². The zero-order valence-electron chi connectivity index (χ0n) is 31.5. The molecule has 0 bridgehead atoms. The number of hydrogen-bond acceptors (Lipinski definition) is 4. The fourth-order valence-electron chi connectivity index (χ4n) is 8.03. The highest BCUT2D eigenvalue weighted by atomic mass is 16.5. The number of methoxy groups -OCH3 is 1. The number of hydrogen-bond donors (Lipinski definition) is 0. The summed E-state index contributed by atoms with van der Waals surface area (Å²) in [6.07, 6.45) is 1.78. The van der Waals surface area contributed by atoms with Crippen molar-refractivity contribution in [2.24, 2.45) is 0 Å². The highest BCUT2D eigenvalue weighted by molar-refractivity contribution is 6.09. The predicted molar refractivity (Wildman–Crippen MR) is 224 cm³/mol. The number of benzene rings is 6. The fraction of sp³-hybridized carbons (Fsp3) is 0.102. The van der Waals surface area contributed by atoms with Crippen LogP contribution in [0.25, 0.3) is 67.0 Å². The number of pyridine rings is 1. The molecule has 0 radical (unpaired) electrons. The van der Waals surface area contributed by atoms with Crippen LogP contribution in [0, 0.1) is 27.7 Å². The molecular weight excluding hydrogens is 677 g/mol. The number of nitrogens with zero attached hydrogens (tertiary/aromatic N) is 4. The van der Waals surface area contributed by atoms with Gasteiger partial charge in [0.2, 0.25) is 0 Å². The highest BCUT2D eigenvalue weighted by Gasteiger charge is 2.26. The van der Waals surface area contributed by atoms with Gasteiger partial charge in [0, 0.05) is 51.9 Å². The molecular formula is C49H40N4O2. The molecule has 0 amide bonds. The molecule has 55 heavy (non-hydrogen) atoms. The summed E-state index contributed by atoms with van der Waals surface area (Å²) in [4.78, 5) is 4.73. The average Bonchev–Trinajstić information content (AvgIpc) is 3.74. The van der Waals surface area contributed by atoms with Crippen LogP contribution < -0.4 is 9.47 Å². The molecule has 0 spiro atoms. The van der Waals surface area contributed by atoms with Crippen LogP contribution in [0.2, 0.25) is 0 Å². The number of aromatic nitrogens is 4. The lowest BCUT2D eigenvalue weighted by Crippen LogP contribution is -2.01. The summed E-state index contributed by atoms with van der Waals surface area (Å²) in [6.45, 7) is 8.67. The Morgan fingerprint density at radius 2 is 1.20 bits per heavy atom. The maximum Gasteiger partial charge on any atom is 0.141 e. The van der Waals surface area contributed by atoms with E-state index in [0.717, 1.165) is 84.2 Å². The summed E-state index contributed by atoms with van der Waals surface area (Å²) in [6, 6.07) is 50.4. The van der Waals surface area contributed by atoms with Crippen LogP contribution in [-0.2, 0) is 0 Å². The monoisotopic (exact) mass is 716 g/mol. The Labute approximate surface area is 320 Å². The van der Waals surface area contributed by atoms with Crippen molar-refractivity contribution in [1.82, 2.24) is 19.3 Å². The van der Waals surface area contributed by atoms with Gasteiger partial charge in [-0.25, -0.2) is 9.67 Å². The minimum Gasteiger partial charge on any atom is -0.497 e. The quantitative estimate of drug-likeness (QED) is 0.157. The van der Waals surface area contributed by atoms with Gasteiger partial charge < -0.3 is 9.47 Å². The molecule has 6 aromatic carbocycles. The molecule has 0 fully saturated rings. The van der Waals surface area contributed by atoms with Crippen molar-refractivity contribution in [3.63, 3.8) is 0 Å². The van der Waals surface area contributed by atoms with Gasteiger partial charge >= 0.3 is 0 Å². The van der Waals surface area contributed by atoms with E-state index in [0.29, 0.717) is 0 Å². The Bertz CT molecular complexity index is 2850. The molecule has 0 saturated heterocycles. The van der Waals surface area contributed by atoms with Crippen molar-refractivity contribution in [2.75, 3.05) is 7.11 Å². The van der Waals surface area contributed by atoms with Crippen LogP contribution in [0.4, 0.5) is 0 Å². The topological polar surface area (TPSA) is 54.1 Å². The van der Waals surface area contributed by atoms with Gasteiger partial charge in [-0.3, -0.25) is 4.57 Å². The summed E-state index contributed by atoms with van der Waals surface area (Å²) in [5, 5.41) is 7.72. The maximum absolute atomic E-state index is 6.76. The smallest absolute Gasteiger partial charge is 0.141 e. The summed E-state index contributed by atoms with van der Waals surface area (Å²) >= 11 is 0. The maximum atomic E-state index is 6.76. The van der Waals surface area contributed by atoms with Crippen molar-refractivity contribution in [1.29, 1.82) is 0 Å². The van der Waals surface area contributed by atoms with E-state index < -0.39 is 0 Å². The van der Waals surface area contributed by atoms with Crippen molar-refractivity contribution < 1.29 is 9.47 Å². The fourth-order valence-corrected chi connectivity index (χ4v) is 8.03. The zero-order chi connectivity index (χ0) is 37.6. The Hall–Kier alpha value is -6.92. The summed E-state index contributed by atoms with van der Waals surface area (Å²) < 4.78 is 16.6. The lowest BCUT2D eigenvalue weighted by atomic mass is 9.89. The SMILES string of the molecule is COc1ccnc(-n2c3ccccc3c3ccc(Oc4cc(C)cc(-n5nc(-c6ccccc6)c(-c6c(C)cc(C)cc6C)c5-c5ccccc5)c4)cc32)c1. The largest absolute Gasteiger partial charge is 0.497 e. The van der Waals surface area contributed by atoms with E-state index in [1.807, 2.05) is 18.2 Å². The first-order valence-corrected chi connectivity index (χ1v) is 18.5. The van der Waals surface area contributed by atoms with Gasteiger partial charge in [-0.15, -0.1) is 0 Å². The second kappa shape index (κ2) is 13.8. The lowest BCUT2D eigenvalue weighted by Gasteiger charge is -2.16. The second-order valence-electron chi connectivity index (χ2n) is 14.2. The molecule has 268 valence electrons. The Morgan fingerprint density at radius 3 is 1.95 bits per heavy atom. The Kier molecular flexibility index (Phi) is 8.51. The first kappa shape index (κ1) is 33.9. The van der Waals surface area contributed by atoms with Gasteiger partial charge in [0.1, 0.15) is 28.8 Å². The van der Waals surface area contributed by atoms with E-state index in [2.05, 4.69) is 164 Å². The van der Waals surface area contributed by atoms with Gasteiger partial charge in [0.15, 0.2) is 0 Å². The molecule has 6 nitrogen and oxygen atoms in total. The van der Waals surface area contributed by atoms with E-state index in [1.165, 1.54) is 22.3 Å². The molecule has 0 aliphatic carbocycles. The second-order valence-corrected chi connectivity index (χ2v) is 14.2. The van der Waals surface area contributed by atoms with Gasteiger partial charge in [0.05, 0.1) is 29.5 Å². The average molecular weight is 717 g/mol. The van der Waals surface area contributed by atoms with E-state index in [9.17, 15) is 0 Å². The molecule has 6 heteroatoms. The van der Waals surface area contributed by atoms with Crippen molar-refractivity contribution in [3.8, 4) is 62.4 Å². The lowest BCUT2D eigenvalue weighted by molar-refractivity contribution is 0.414. The van der Waals surface area contributed by atoms with Gasteiger partial charge in [0.25, 0.3) is 0 Å². The van der Waals surface area contributed by atoms with Crippen LogP contribution in [0.5, 0.6) is 17.2 Å². The van der Waals surface area contributed by atoms with E-state index >= 15 is 0 Å². The third-order valence-corrected chi connectivity index (χ3v) is 10.2. The van der Waals surface area contributed by atoms with Crippen molar-refractivity contribution >= 4 is 21.8 Å². The number of fused-ring (bicyclic) bond motifs is 3. The van der Waals surface area contributed by atoms with Crippen LogP contribution in [0.15, 0.2) is 152 Å². The molecule has 3 aromatic heterocycles. The van der Waals surface area contributed by atoms with Crippen molar-refractivity contribution in [3.05, 3.63) is 174 Å². The first-order chi connectivity index (χ1) is 26.9. The van der Waals surface area contributed by atoms with E-state index in [4.69, 9.17) is 19.6 Å². The molecule has 3 heterocycles. The van der Waals surface area contributed by atoms with Crippen LogP contribution in [0.1, 0.15) is 22.3 Å². The summed E-state index contributed by atoms with van der Waals surface area (Å²) in [7, 11) is 1.67. The van der Waals surface area contributed by atoms with Gasteiger partial charge in [-0.05, 0) is 86.3 Å². The zero-order valence-corrected chi connectivity index (χ0v) is 31.5. The normalized spacial score (nSPS) is 11.4. The summed E-state index contributed by atoms with van der Waals surface area (Å²) in [5.41, 5.74) is 14.1. The number of para-hydroxylation sites is 1. The Morgan fingerprint density at radius 1 is 0.527 bits per heavy atom. The number of rotatable bonds is 8. The standard InChI is InChI=1S/C49H40N4O2/c1-31-24-33(3)46(34(4)25-31)47-48(35-14-8-6-9-15-35)51-53(49(47)36-16-10-7-11-17-36)37-26-32(2)27-40(28-37)55-39-20-21-42-41-18-12-13-19-43(41)52(44(42)29-39)45-30-38(54-5)22-23-50-45/h6-30H,1-5H3. The third kappa shape index (κ3) is 6.12. The highest BCUT2D eigenvalue weighted by Crippen LogP contribution is 2.45. The molecule has 0 aliphatic rings. The van der Waals surface area contributed by atoms with Crippen LogP contribution in [-0.4, -0.2) is 26.4 Å². The first-order valence-electron chi connectivity index (χ1n) is 18.5. The molecule has 0 atom stereocenters. The number of ether oxygens (including phenoxy) is 2. The molecule has 0 aliphatic heterocycles. The Balaban J connectivity index is 1.22. The number of aryl methyl sites for hydroxylation is 4. The van der Waals surface area contributed by atoms with Crippen LogP contribution >= 0.6 is 0 Å². The minimum absolute atomic E-state index is 0.719. The molecule has 0 unspecified atom stereocenters. The molecule has 0 N–H and O–H groups in total. The van der Waals surface area contributed by atoms with Gasteiger partial charge in [-0.2, -0.15) is 5.10 Å². The van der Waals surface area contributed by atoms with Gasteiger partial charge in [-0.1, -0.05) is 96.6 Å². The molecule has 9 rings (SSSR count). The molecule has 9 aromatic rings. The van der Waals surface area contributed by atoms with Crippen LogP contribution in [0.3, 0.4) is 0 Å². The molecule has 0 saturated carbocycles. The van der Waals surface area contributed by atoms with Crippen molar-refractivity contribution in [2.45, 2.75) is 27.7 Å². The minimum atomic E-state index is 0.719. The predicted octanol–water partition coefficient (Wildman–Crippen LogP) is 12.4. The summed E-state index contributed by atoms with van der Waals surface area (Å²) in [5.74, 6) is 2.96.